The Morgan fingerprint density at radius 3 is 2.40 bits per heavy atom. The van der Waals surface area contributed by atoms with Crippen LogP contribution in [0.25, 0.3) is 0 Å². The largest absolute Gasteiger partial charge is 0.573 e. The van der Waals surface area contributed by atoms with Crippen molar-refractivity contribution in [2.45, 2.75) is 57.0 Å². The molecule has 1 heterocycles. The maximum Gasteiger partial charge on any atom is 0.573 e. The van der Waals surface area contributed by atoms with Crippen molar-refractivity contribution >= 4 is 11.8 Å². The summed E-state index contributed by atoms with van der Waals surface area (Å²) >= 11 is 0. The van der Waals surface area contributed by atoms with Gasteiger partial charge in [-0.2, -0.15) is 0 Å². The monoisotopic (exact) mass is 490 g/mol. The Bertz CT molecular complexity index is 1040. The van der Waals surface area contributed by atoms with Crippen LogP contribution in [0.2, 0.25) is 0 Å². The molecule has 2 aliphatic rings. The van der Waals surface area contributed by atoms with Crippen LogP contribution in [0.3, 0.4) is 0 Å². The van der Waals surface area contributed by atoms with Crippen LogP contribution >= 0.6 is 0 Å². The molecule has 1 aliphatic carbocycles. The van der Waals surface area contributed by atoms with Crippen molar-refractivity contribution in [1.82, 2.24) is 9.80 Å². The van der Waals surface area contributed by atoms with Gasteiger partial charge in [0.15, 0.2) is 0 Å². The van der Waals surface area contributed by atoms with Gasteiger partial charge in [-0.3, -0.25) is 9.59 Å². The van der Waals surface area contributed by atoms with Crippen LogP contribution in [0.5, 0.6) is 11.5 Å². The minimum Gasteiger partial charge on any atom is -0.487 e. The SMILES string of the molecule is CN1CCCCN(C(=O)c2ccc(OC(F)(F)F)cc2)[C@@H]2CCCC[C@@H]2Oc2ccccc2C1=O. The van der Waals surface area contributed by atoms with Crippen molar-refractivity contribution in [2.24, 2.45) is 0 Å². The molecule has 0 aromatic heterocycles. The number of halogens is 3. The first kappa shape index (κ1) is 24.9. The minimum absolute atomic E-state index is 0.0948. The molecule has 188 valence electrons. The Labute approximate surface area is 202 Å². The highest BCUT2D eigenvalue weighted by molar-refractivity contribution is 5.97. The Morgan fingerprint density at radius 2 is 1.66 bits per heavy atom. The van der Waals surface area contributed by atoms with E-state index in [9.17, 15) is 22.8 Å². The Balaban J connectivity index is 1.62. The molecule has 4 rings (SSSR count). The van der Waals surface area contributed by atoms with E-state index in [1.54, 1.807) is 35.0 Å². The van der Waals surface area contributed by atoms with Crippen LogP contribution < -0.4 is 9.47 Å². The second kappa shape index (κ2) is 10.6. The average molecular weight is 491 g/mol. The summed E-state index contributed by atoms with van der Waals surface area (Å²) in [6.45, 7) is 1.00. The Hall–Kier alpha value is -3.23. The van der Waals surface area contributed by atoms with E-state index >= 15 is 0 Å². The lowest BCUT2D eigenvalue weighted by Crippen LogP contribution is -2.51. The summed E-state index contributed by atoms with van der Waals surface area (Å²) in [5.41, 5.74) is 0.793. The maximum atomic E-state index is 13.6. The number of alkyl halides is 3. The number of ether oxygens (including phenoxy) is 2. The summed E-state index contributed by atoms with van der Waals surface area (Å²) in [7, 11) is 1.75. The fourth-order valence-corrected chi connectivity index (χ4v) is 4.80. The highest BCUT2D eigenvalue weighted by atomic mass is 19.4. The van der Waals surface area contributed by atoms with E-state index in [0.29, 0.717) is 42.8 Å². The number of amides is 2. The van der Waals surface area contributed by atoms with Gasteiger partial charge in [0.1, 0.15) is 17.6 Å². The fraction of sp³-hybridized carbons (Fsp3) is 0.462. The standard InChI is InChI=1S/C26H29F3N2O4/c1-30-16-6-7-17-31(24(32)18-12-14-19(15-13-18)35-26(27,28)29)21-9-3-5-11-23(21)34-22-10-4-2-8-20(22)25(30)33/h2,4,8,10,12-15,21,23H,3,5-7,9,11,16-17H2,1H3/t21-,23+/m1/s1. The highest BCUT2D eigenvalue weighted by Crippen LogP contribution is 2.32. The van der Waals surface area contributed by atoms with E-state index < -0.39 is 6.36 Å². The molecule has 1 aliphatic heterocycles. The number of hydrogen-bond donors (Lipinski definition) is 0. The highest BCUT2D eigenvalue weighted by Gasteiger charge is 2.36. The molecule has 0 spiro atoms. The summed E-state index contributed by atoms with van der Waals surface area (Å²) < 4.78 is 47.9. The van der Waals surface area contributed by atoms with Crippen LogP contribution in [0.15, 0.2) is 48.5 Å². The summed E-state index contributed by atoms with van der Waals surface area (Å²) in [6.07, 6.45) is -0.306. The van der Waals surface area contributed by atoms with E-state index in [-0.39, 0.29) is 29.7 Å². The zero-order chi connectivity index (χ0) is 25.0. The van der Waals surface area contributed by atoms with E-state index in [4.69, 9.17) is 4.74 Å². The number of nitrogens with zero attached hydrogens (tertiary/aromatic N) is 2. The third-order valence-electron chi connectivity index (χ3n) is 6.55. The lowest BCUT2D eigenvalue weighted by Gasteiger charge is -2.40. The molecule has 35 heavy (non-hydrogen) atoms. The second-order valence-electron chi connectivity index (χ2n) is 9.01. The molecule has 0 N–H and O–H groups in total. The fourth-order valence-electron chi connectivity index (χ4n) is 4.80. The van der Waals surface area contributed by atoms with Gasteiger partial charge in [-0.25, -0.2) is 0 Å². The molecule has 1 fully saturated rings. The summed E-state index contributed by atoms with van der Waals surface area (Å²) in [5, 5.41) is 0. The van der Waals surface area contributed by atoms with Crippen LogP contribution in [-0.2, 0) is 0 Å². The molecule has 2 amide bonds. The first-order valence-corrected chi connectivity index (χ1v) is 11.9. The molecule has 2 aromatic rings. The van der Waals surface area contributed by atoms with Gasteiger partial charge >= 0.3 is 6.36 Å². The molecule has 0 saturated heterocycles. The molecule has 0 unspecified atom stereocenters. The predicted molar refractivity (Wildman–Crippen MR) is 123 cm³/mol. The van der Waals surface area contributed by atoms with Gasteiger partial charge in [-0.15, -0.1) is 13.2 Å². The third kappa shape index (κ3) is 6.07. The molecule has 1 saturated carbocycles. The number of benzene rings is 2. The summed E-state index contributed by atoms with van der Waals surface area (Å²) in [4.78, 5) is 30.0. The maximum absolute atomic E-state index is 13.6. The molecular weight excluding hydrogens is 461 g/mol. The van der Waals surface area contributed by atoms with E-state index in [1.165, 1.54) is 12.1 Å². The zero-order valence-corrected chi connectivity index (χ0v) is 19.6. The van der Waals surface area contributed by atoms with Gasteiger partial charge in [0.05, 0.1) is 11.6 Å². The van der Waals surface area contributed by atoms with Crippen LogP contribution in [0.1, 0.15) is 59.2 Å². The molecular formula is C26H29F3N2O4. The molecule has 2 atom stereocenters. The van der Waals surface area contributed by atoms with Gasteiger partial charge in [0.25, 0.3) is 11.8 Å². The third-order valence-corrected chi connectivity index (χ3v) is 6.55. The topological polar surface area (TPSA) is 59.1 Å². The molecule has 2 aromatic carbocycles. The number of rotatable bonds is 2. The first-order chi connectivity index (χ1) is 16.7. The van der Waals surface area contributed by atoms with Crippen molar-refractivity contribution < 1.29 is 32.2 Å². The molecule has 6 nitrogen and oxygen atoms in total. The molecule has 0 radical (unpaired) electrons. The second-order valence-corrected chi connectivity index (χ2v) is 9.01. The molecule has 9 heteroatoms. The van der Waals surface area contributed by atoms with Crippen LogP contribution in [-0.4, -0.2) is 60.3 Å². The first-order valence-electron chi connectivity index (χ1n) is 11.9. The Kier molecular flexibility index (Phi) is 7.52. The Morgan fingerprint density at radius 1 is 0.971 bits per heavy atom. The predicted octanol–water partition coefficient (Wildman–Crippen LogP) is 5.28. The van der Waals surface area contributed by atoms with Crippen LogP contribution in [0, 0.1) is 0 Å². The average Bonchev–Trinajstić information content (AvgIpc) is 2.83. The molecule has 0 bridgehead atoms. The number of fused-ring (bicyclic) bond motifs is 2. The normalized spacial score (nSPS) is 21.7. The van der Waals surface area contributed by atoms with Crippen molar-refractivity contribution in [2.75, 3.05) is 20.1 Å². The van der Waals surface area contributed by atoms with Crippen molar-refractivity contribution in [3.05, 3.63) is 59.7 Å². The summed E-state index contributed by atoms with van der Waals surface area (Å²) in [6, 6.07) is 12.0. The van der Waals surface area contributed by atoms with Gasteiger partial charge in [0.2, 0.25) is 0 Å². The number of hydrogen-bond acceptors (Lipinski definition) is 4. The van der Waals surface area contributed by atoms with Crippen molar-refractivity contribution in [3.63, 3.8) is 0 Å². The van der Waals surface area contributed by atoms with E-state index in [2.05, 4.69) is 4.74 Å². The van der Waals surface area contributed by atoms with Gasteiger partial charge in [0, 0.05) is 25.7 Å². The van der Waals surface area contributed by atoms with E-state index in [1.807, 2.05) is 6.07 Å². The quantitative estimate of drug-likeness (QED) is 0.575. The van der Waals surface area contributed by atoms with Gasteiger partial charge in [-0.1, -0.05) is 18.6 Å². The smallest absolute Gasteiger partial charge is 0.487 e. The lowest BCUT2D eigenvalue weighted by atomic mass is 9.90. The van der Waals surface area contributed by atoms with Crippen molar-refractivity contribution in [3.8, 4) is 11.5 Å². The lowest BCUT2D eigenvalue weighted by molar-refractivity contribution is -0.274. The summed E-state index contributed by atoms with van der Waals surface area (Å²) in [5.74, 6) is -0.213. The number of carbonyl (C=O) groups is 2. The van der Waals surface area contributed by atoms with Gasteiger partial charge in [-0.05, 0) is 68.5 Å². The van der Waals surface area contributed by atoms with Crippen LogP contribution in [0.4, 0.5) is 13.2 Å². The zero-order valence-electron chi connectivity index (χ0n) is 19.6. The van der Waals surface area contributed by atoms with E-state index in [0.717, 1.165) is 37.8 Å². The van der Waals surface area contributed by atoms with Crippen molar-refractivity contribution in [1.29, 1.82) is 0 Å². The number of para-hydroxylation sites is 1. The minimum atomic E-state index is -4.79. The number of carbonyl (C=O) groups excluding carboxylic acids is 2. The van der Waals surface area contributed by atoms with Gasteiger partial charge < -0.3 is 19.3 Å².